The second-order valence-electron chi connectivity index (χ2n) is 4.86. The Morgan fingerprint density at radius 3 is 2.83 bits per heavy atom. The van der Waals surface area contributed by atoms with Crippen LogP contribution in [-0.4, -0.2) is 26.8 Å². The van der Waals surface area contributed by atoms with Gasteiger partial charge in [-0.05, 0) is 19.1 Å². The van der Waals surface area contributed by atoms with E-state index in [-0.39, 0.29) is 6.04 Å². The molecule has 124 valence electrons. The smallest absolute Gasteiger partial charge is 0.334 e. The highest BCUT2D eigenvalue weighted by molar-refractivity contribution is 5.89. The highest BCUT2D eigenvalue weighted by Gasteiger charge is 2.31. The van der Waals surface area contributed by atoms with E-state index in [9.17, 15) is 22.8 Å². The van der Waals surface area contributed by atoms with Gasteiger partial charge in [0.1, 0.15) is 5.69 Å². The Morgan fingerprint density at radius 1 is 1.48 bits per heavy atom. The summed E-state index contributed by atoms with van der Waals surface area (Å²) in [5.41, 5.74) is -2.37. The zero-order valence-corrected chi connectivity index (χ0v) is 12.0. The summed E-state index contributed by atoms with van der Waals surface area (Å²) in [7, 11) is 0. The van der Waals surface area contributed by atoms with Crippen molar-refractivity contribution in [3.63, 3.8) is 0 Å². The molecule has 0 spiro atoms. The van der Waals surface area contributed by atoms with Gasteiger partial charge in [-0.3, -0.25) is 9.48 Å². The van der Waals surface area contributed by atoms with Gasteiger partial charge in [0.25, 0.3) is 5.56 Å². The second-order valence-corrected chi connectivity index (χ2v) is 4.86. The number of nitrogens with one attached hydrogen (secondary N) is 3. The average molecular weight is 329 g/mol. The van der Waals surface area contributed by atoms with E-state index >= 15 is 0 Å². The molecule has 0 aromatic carbocycles. The first-order valence-corrected chi connectivity index (χ1v) is 6.60. The number of urea groups is 1. The van der Waals surface area contributed by atoms with Crippen molar-refractivity contribution < 1.29 is 18.0 Å². The second kappa shape index (κ2) is 6.55. The van der Waals surface area contributed by atoms with Crippen LogP contribution in [0, 0.1) is 0 Å². The fourth-order valence-corrected chi connectivity index (χ4v) is 1.86. The van der Waals surface area contributed by atoms with Crippen molar-refractivity contribution in [2.75, 3.05) is 5.32 Å². The van der Waals surface area contributed by atoms with Gasteiger partial charge in [-0.2, -0.15) is 18.3 Å². The van der Waals surface area contributed by atoms with Gasteiger partial charge < -0.3 is 15.6 Å². The summed E-state index contributed by atoms with van der Waals surface area (Å²) in [6, 6.07) is 1.17. The number of nitrogens with zero attached hydrogens (tertiary/aromatic N) is 2. The summed E-state index contributed by atoms with van der Waals surface area (Å²) >= 11 is 0. The van der Waals surface area contributed by atoms with Crippen molar-refractivity contribution in [3.05, 3.63) is 46.6 Å². The first kappa shape index (κ1) is 16.6. The summed E-state index contributed by atoms with van der Waals surface area (Å²) in [5, 5.41) is 8.58. The third-order valence-electron chi connectivity index (χ3n) is 2.88. The zero-order chi connectivity index (χ0) is 17.0. The molecule has 0 unspecified atom stereocenters. The number of amides is 2. The normalized spacial score (nSPS) is 12.7. The van der Waals surface area contributed by atoms with Crippen LogP contribution in [0.3, 0.4) is 0 Å². The molecule has 1 atom stereocenters. The van der Waals surface area contributed by atoms with Crippen LogP contribution in [0.1, 0.15) is 12.5 Å². The number of carbonyl (C=O) groups is 1. The Hall–Kier alpha value is -2.78. The van der Waals surface area contributed by atoms with Crippen molar-refractivity contribution in [2.24, 2.45) is 0 Å². The molecule has 7 nitrogen and oxygen atoms in total. The molecule has 0 aliphatic carbocycles. The number of pyridine rings is 1. The van der Waals surface area contributed by atoms with E-state index in [1.165, 1.54) is 0 Å². The van der Waals surface area contributed by atoms with Crippen LogP contribution in [-0.2, 0) is 12.7 Å². The minimum absolute atomic E-state index is 0.347. The van der Waals surface area contributed by atoms with Crippen LogP contribution >= 0.6 is 0 Å². The summed E-state index contributed by atoms with van der Waals surface area (Å²) in [5.74, 6) is 0. The number of rotatable bonds is 4. The largest absolute Gasteiger partial charge is 0.417 e. The third-order valence-corrected chi connectivity index (χ3v) is 2.88. The van der Waals surface area contributed by atoms with Gasteiger partial charge in [0.15, 0.2) is 0 Å². The lowest BCUT2D eigenvalue weighted by Crippen LogP contribution is -2.39. The van der Waals surface area contributed by atoms with Crippen LogP contribution in [0.4, 0.5) is 23.7 Å². The van der Waals surface area contributed by atoms with Crippen LogP contribution < -0.4 is 16.2 Å². The molecule has 2 heterocycles. The third kappa shape index (κ3) is 4.59. The maximum Gasteiger partial charge on any atom is 0.417 e. The van der Waals surface area contributed by atoms with Crippen molar-refractivity contribution in [2.45, 2.75) is 25.7 Å². The van der Waals surface area contributed by atoms with Crippen LogP contribution in [0.25, 0.3) is 0 Å². The number of carbonyl (C=O) groups excluding carboxylic acids is 1. The Kier molecular flexibility index (Phi) is 4.72. The van der Waals surface area contributed by atoms with E-state index in [1.54, 1.807) is 30.1 Å². The summed E-state index contributed by atoms with van der Waals surface area (Å²) < 4.78 is 39.4. The number of hydrogen-bond acceptors (Lipinski definition) is 3. The molecule has 23 heavy (non-hydrogen) atoms. The van der Waals surface area contributed by atoms with Gasteiger partial charge in [0.05, 0.1) is 12.1 Å². The van der Waals surface area contributed by atoms with Crippen LogP contribution in [0.2, 0.25) is 0 Å². The fourth-order valence-electron chi connectivity index (χ4n) is 1.86. The lowest BCUT2D eigenvalue weighted by molar-refractivity contribution is -0.137. The molecule has 0 aliphatic rings. The lowest BCUT2D eigenvalue weighted by atomic mass is 10.2. The minimum Gasteiger partial charge on any atom is -0.334 e. The Morgan fingerprint density at radius 2 is 2.22 bits per heavy atom. The number of aromatic amines is 1. The minimum atomic E-state index is -4.62. The van der Waals surface area contributed by atoms with E-state index in [4.69, 9.17) is 0 Å². The number of hydrogen-bond donors (Lipinski definition) is 3. The van der Waals surface area contributed by atoms with E-state index in [0.29, 0.717) is 18.8 Å². The van der Waals surface area contributed by atoms with Crippen molar-refractivity contribution >= 4 is 11.7 Å². The van der Waals surface area contributed by atoms with E-state index in [1.807, 2.05) is 4.98 Å². The van der Waals surface area contributed by atoms with Gasteiger partial charge >= 0.3 is 12.2 Å². The molecule has 0 fully saturated rings. The Bertz CT molecular complexity index is 724. The number of alkyl halides is 3. The molecule has 0 saturated carbocycles. The summed E-state index contributed by atoms with van der Waals surface area (Å²) in [6.07, 6.45) is -0.793. The predicted molar refractivity (Wildman–Crippen MR) is 75.9 cm³/mol. The Balaban J connectivity index is 2.01. The van der Waals surface area contributed by atoms with Gasteiger partial charge in [-0.1, -0.05) is 0 Å². The first-order chi connectivity index (χ1) is 10.8. The molecule has 3 N–H and O–H groups in total. The topological polar surface area (TPSA) is 91.8 Å². The fraction of sp³-hybridized carbons (Fsp3) is 0.308. The molecule has 2 aromatic heterocycles. The monoisotopic (exact) mass is 329 g/mol. The van der Waals surface area contributed by atoms with Crippen molar-refractivity contribution in [1.29, 1.82) is 0 Å². The zero-order valence-electron chi connectivity index (χ0n) is 12.0. The number of anilines is 1. The first-order valence-electron chi connectivity index (χ1n) is 6.60. The van der Waals surface area contributed by atoms with Crippen LogP contribution in [0.15, 0.2) is 35.5 Å². The van der Waals surface area contributed by atoms with Gasteiger partial charge in [0, 0.05) is 24.6 Å². The maximum absolute atomic E-state index is 12.6. The predicted octanol–water partition coefficient (Wildman–Crippen LogP) is 1.80. The molecular formula is C13H14F3N5O2. The van der Waals surface area contributed by atoms with E-state index in [0.717, 1.165) is 0 Å². The van der Waals surface area contributed by atoms with Gasteiger partial charge in [-0.25, -0.2) is 4.79 Å². The maximum atomic E-state index is 12.6. The SMILES string of the molecule is C[C@@H](Cn1cccn1)NC(=O)Nc1cc(C(F)(F)F)c[nH]c1=O. The lowest BCUT2D eigenvalue weighted by Gasteiger charge is -2.15. The number of aromatic nitrogens is 3. The molecule has 0 saturated heterocycles. The highest BCUT2D eigenvalue weighted by Crippen LogP contribution is 2.29. The summed E-state index contributed by atoms with van der Waals surface area (Å²) in [6.45, 7) is 2.07. The van der Waals surface area contributed by atoms with Crippen molar-refractivity contribution in [3.8, 4) is 0 Å². The van der Waals surface area contributed by atoms with Crippen molar-refractivity contribution in [1.82, 2.24) is 20.1 Å². The quantitative estimate of drug-likeness (QED) is 0.799. The molecule has 0 radical (unpaired) electrons. The highest BCUT2D eigenvalue weighted by atomic mass is 19.4. The number of H-pyrrole nitrogens is 1. The molecule has 2 rings (SSSR count). The molecule has 0 bridgehead atoms. The van der Waals surface area contributed by atoms with E-state index < -0.39 is 29.0 Å². The molecule has 2 amide bonds. The molecule has 0 aliphatic heterocycles. The average Bonchev–Trinajstić information content (AvgIpc) is 2.92. The van der Waals surface area contributed by atoms with Gasteiger partial charge in [-0.15, -0.1) is 0 Å². The molecule has 2 aromatic rings. The van der Waals surface area contributed by atoms with Gasteiger partial charge in [0.2, 0.25) is 0 Å². The molecular weight excluding hydrogens is 315 g/mol. The Labute approximate surface area is 128 Å². The standard InChI is InChI=1S/C13H14F3N5O2/c1-8(7-21-4-2-3-18-21)19-12(23)20-10-5-9(13(14,15)16)6-17-11(10)22/h2-6,8H,7H2,1H3,(H,17,22)(H2,19,20,23)/t8-/m0/s1. The number of halogens is 3. The summed E-state index contributed by atoms with van der Waals surface area (Å²) in [4.78, 5) is 25.2. The molecule has 10 heteroatoms. The van der Waals surface area contributed by atoms with E-state index in [2.05, 4.69) is 15.7 Å². The van der Waals surface area contributed by atoms with Crippen LogP contribution in [0.5, 0.6) is 0 Å².